The van der Waals surface area contributed by atoms with Crippen LogP contribution in [0.15, 0.2) is 24.3 Å². The summed E-state index contributed by atoms with van der Waals surface area (Å²) in [6, 6.07) is 5.40. The number of carbonyl (C=O) groups excluding carboxylic acids is 2. The van der Waals surface area contributed by atoms with E-state index in [0.29, 0.717) is 24.5 Å². The molecule has 1 saturated heterocycles. The Morgan fingerprint density at radius 1 is 1.23 bits per heavy atom. The Morgan fingerprint density at radius 2 is 1.87 bits per heavy atom. The number of nitrogens with zero attached hydrogens (tertiary/aromatic N) is 2. The maximum Gasteiger partial charge on any atom is 0.401 e. The quantitative estimate of drug-likeness (QED) is 0.693. The highest BCUT2D eigenvalue weighted by Gasteiger charge is 2.37. The van der Waals surface area contributed by atoms with Crippen LogP contribution >= 0.6 is 0 Å². The van der Waals surface area contributed by atoms with Gasteiger partial charge in [-0.05, 0) is 29.7 Å². The highest BCUT2D eigenvalue weighted by atomic mass is 19.4. The number of carbonyl (C=O) groups is 2. The molecule has 1 atom stereocenters. The van der Waals surface area contributed by atoms with Gasteiger partial charge in [0.15, 0.2) is 0 Å². The molecule has 3 N–H and O–H groups in total. The molecule has 0 spiro atoms. The van der Waals surface area contributed by atoms with E-state index in [4.69, 9.17) is 10.5 Å². The van der Waals surface area contributed by atoms with Crippen LogP contribution in [-0.4, -0.2) is 68.3 Å². The van der Waals surface area contributed by atoms with Gasteiger partial charge < -0.3 is 20.7 Å². The molecule has 2 rings (SSSR count). The number of hydrogen-bond acceptors (Lipinski definition) is 5. The van der Waals surface area contributed by atoms with E-state index in [2.05, 4.69) is 5.32 Å². The normalized spacial score (nSPS) is 16.7. The molecule has 0 unspecified atom stereocenters. The fraction of sp³-hybridized carbons (Fsp3) is 0.600. The molecule has 0 aliphatic carbocycles. The second-order valence-corrected chi connectivity index (χ2v) is 8.47. The minimum atomic E-state index is -4.45. The summed E-state index contributed by atoms with van der Waals surface area (Å²) in [6.45, 7) is 4.86. The van der Waals surface area contributed by atoms with Crippen molar-refractivity contribution in [3.63, 3.8) is 0 Å². The number of rotatable bonds is 7. The predicted molar refractivity (Wildman–Crippen MR) is 108 cm³/mol. The van der Waals surface area contributed by atoms with Gasteiger partial charge >= 0.3 is 6.18 Å². The lowest BCUT2D eigenvalue weighted by molar-refractivity contribution is -0.156. The first kappa shape index (κ1) is 24.1. The van der Waals surface area contributed by atoms with Crippen molar-refractivity contribution in [2.75, 3.05) is 49.6 Å². The number of anilines is 2. The average Bonchev–Trinajstić information content (AvgIpc) is 2.61. The molecule has 0 saturated carbocycles. The highest BCUT2D eigenvalue weighted by Crippen LogP contribution is 2.24. The first-order chi connectivity index (χ1) is 13.9. The lowest BCUT2D eigenvalue weighted by Gasteiger charge is -2.35. The summed E-state index contributed by atoms with van der Waals surface area (Å²) in [7, 11) is 0. The minimum Gasteiger partial charge on any atom is -0.370 e. The third kappa shape index (κ3) is 7.26. The molecule has 0 radical (unpaired) electrons. The van der Waals surface area contributed by atoms with Gasteiger partial charge in [-0.2, -0.15) is 13.2 Å². The molecule has 10 heteroatoms. The van der Waals surface area contributed by atoms with Crippen molar-refractivity contribution in [3.05, 3.63) is 24.3 Å². The first-order valence-corrected chi connectivity index (χ1v) is 9.69. The lowest BCUT2D eigenvalue weighted by Crippen LogP contribution is -2.54. The summed E-state index contributed by atoms with van der Waals surface area (Å²) in [6.07, 6.45) is -4.45. The zero-order valence-corrected chi connectivity index (χ0v) is 17.5. The van der Waals surface area contributed by atoms with Crippen molar-refractivity contribution >= 4 is 23.2 Å². The Kier molecular flexibility index (Phi) is 7.84. The Balaban J connectivity index is 2.11. The molecule has 7 nitrogen and oxygen atoms in total. The monoisotopic (exact) mass is 430 g/mol. The summed E-state index contributed by atoms with van der Waals surface area (Å²) in [5.41, 5.74) is 6.29. The molecule has 1 fully saturated rings. The average molecular weight is 430 g/mol. The maximum atomic E-state index is 13.1. The van der Waals surface area contributed by atoms with Crippen molar-refractivity contribution < 1.29 is 27.5 Å². The number of halogens is 3. The fourth-order valence-electron chi connectivity index (χ4n) is 3.28. The van der Waals surface area contributed by atoms with Crippen LogP contribution in [0.4, 0.5) is 24.5 Å². The van der Waals surface area contributed by atoms with Crippen molar-refractivity contribution in [2.45, 2.75) is 33.0 Å². The van der Waals surface area contributed by atoms with Crippen LogP contribution < -0.4 is 16.0 Å². The molecule has 2 amide bonds. The van der Waals surface area contributed by atoms with Gasteiger partial charge in [0.1, 0.15) is 12.6 Å². The van der Waals surface area contributed by atoms with Crippen molar-refractivity contribution in [1.82, 2.24) is 4.90 Å². The van der Waals surface area contributed by atoms with E-state index in [1.165, 1.54) is 0 Å². The standard InChI is InChI=1S/C20H29F3N4O3/c1-19(2,3)12-26(13-20(21,22)23)16(10-24)18(29)25-14-4-6-15(7-5-14)27-8-9-30-11-17(27)28/h4-7,16H,8-13,24H2,1-3H3,(H,25,29)/t16-/m1/s1. The SMILES string of the molecule is CC(C)(C)CN(CC(F)(F)F)[C@H](CN)C(=O)Nc1ccc(N2CCOCC2=O)cc1. The van der Waals surface area contributed by atoms with Gasteiger partial charge in [0.2, 0.25) is 5.91 Å². The van der Waals surface area contributed by atoms with Crippen molar-refractivity contribution in [2.24, 2.45) is 11.1 Å². The Labute approximate surface area is 174 Å². The number of nitrogens with two attached hydrogens (primary N) is 1. The first-order valence-electron chi connectivity index (χ1n) is 9.69. The largest absolute Gasteiger partial charge is 0.401 e. The second kappa shape index (κ2) is 9.76. The molecule has 0 aromatic heterocycles. The lowest BCUT2D eigenvalue weighted by atomic mass is 9.95. The van der Waals surface area contributed by atoms with E-state index in [1.807, 2.05) is 0 Å². The fourth-order valence-corrected chi connectivity index (χ4v) is 3.28. The number of hydrogen-bond donors (Lipinski definition) is 2. The molecule has 30 heavy (non-hydrogen) atoms. The zero-order chi connectivity index (χ0) is 22.5. The Morgan fingerprint density at radius 3 is 2.37 bits per heavy atom. The molecule has 1 heterocycles. The molecule has 1 aromatic rings. The van der Waals surface area contributed by atoms with Crippen LogP contribution in [0.2, 0.25) is 0 Å². The zero-order valence-electron chi connectivity index (χ0n) is 17.5. The molecule has 1 aliphatic heterocycles. The Hall–Kier alpha value is -2.17. The molecule has 0 bridgehead atoms. The Bertz CT molecular complexity index is 716. The second-order valence-electron chi connectivity index (χ2n) is 8.47. The topological polar surface area (TPSA) is 87.9 Å². The predicted octanol–water partition coefficient (Wildman–Crippen LogP) is 2.23. The summed E-state index contributed by atoms with van der Waals surface area (Å²) in [5, 5.41) is 2.63. The molecule has 1 aliphatic rings. The molecular weight excluding hydrogens is 401 g/mol. The van der Waals surface area contributed by atoms with E-state index in [0.717, 1.165) is 4.90 Å². The van der Waals surface area contributed by atoms with Crippen LogP contribution in [0.3, 0.4) is 0 Å². The van der Waals surface area contributed by atoms with E-state index in [9.17, 15) is 22.8 Å². The number of amides is 2. The highest BCUT2D eigenvalue weighted by molar-refractivity contribution is 5.97. The van der Waals surface area contributed by atoms with Gasteiger partial charge in [-0.25, -0.2) is 0 Å². The maximum absolute atomic E-state index is 13.1. The molecular formula is C20H29F3N4O3. The van der Waals surface area contributed by atoms with Crippen molar-refractivity contribution in [1.29, 1.82) is 0 Å². The van der Waals surface area contributed by atoms with Gasteiger partial charge in [-0.1, -0.05) is 20.8 Å². The molecule has 168 valence electrons. The van der Waals surface area contributed by atoms with E-state index in [1.54, 1.807) is 49.9 Å². The van der Waals surface area contributed by atoms with Crippen LogP contribution in [-0.2, 0) is 14.3 Å². The van der Waals surface area contributed by atoms with Crippen LogP contribution in [0.1, 0.15) is 20.8 Å². The number of benzene rings is 1. The smallest absolute Gasteiger partial charge is 0.370 e. The summed E-state index contributed by atoms with van der Waals surface area (Å²) >= 11 is 0. The summed E-state index contributed by atoms with van der Waals surface area (Å²) in [4.78, 5) is 27.3. The summed E-state index contributed by atoms with van der Waals surface area (Å²) < 4.78 is 44.3. The van der Waals surface area contributed by atoms with Gasteiger partial charge in [0, 0.05) is 31.0 Å². The van der Waals surface area contributed by atoms with E-state index in [-0.39, 0.29) is 25.6 Å². The number of nitrogens with one attached hydrogen (secondary N) is 1. The molecule has 1 aromatic carbocycles. The third-order valence-electron chi connectivity index (χ3n) is 4.46. The van der Waals surface area contributed by atoms with Gasteiger partial charge in [-0.3, -0.25) is 14.5 Å². The van der Waals surface area contributed by atoms with Gasteiger partial charge in [0.25, 0.3) is 5.91 Å². The minimum absolute atomic E-state index is 0.0134. The van der Waals surface area contributed by atoms with E-state index < -0.39 is 30.1 Å². The van der Waals surface area contributed by atoms with Crippen molar-refractivity contribution in [3.8, 4) is 0 Å². The van der Waals surface area contributed by atoms with Crippen LogP contribution in [0, 0.1) is 5.41 Å². The number of alkyl halides is 3. The third-order valence-corrected chi connectivity index (χ3v) is 4.46. The number of ether oxygens (including phenoxy) is 1. The number of morpholine rings is 1. The van der Waals surface area contributed by atoms with Gasteiger partial charge in [-0.15, -0.1) is 0 Å². The van der Waals surface area contributed by atoms with Crippen LogP contribution in [0.25, 0.3) is 0 Å². The summed E-state index contributed by atoms with van der Waals surface area (Å²) in [5.74, 6) is -0.771. The van der Waals surface area contributed by atoms with Gasteiger partial charge in [0.05, 0.1) is 13.2 Å². The van der Waals surface area contributed by atoms with Crippen LogP contribution in [0.5, 0.6) is 0 Å². The van der Waals surface area contributed by atoms with E-state index >= 15 is 0 Å².